The maximum absolute atomic E-state index is 10.8. The molecule has 1 amide bonds. The van der Waals surface area contributed by atoms with Gasteiger partial charge in [0.1, 0.15) is 0 Å². The van der Waals surface area contributed by atoms with Crippen LogP contribution in [0.25, 0.3) is 0 Å². The second-order valence-corrected chi connectivity index (χ2v) is 4.97. The van der Waals surface area contributed by atoms with Gasteiger partial charge in [0.15, 0.2) is 0 Å². The van der Waals surface area contributed by atoms with Crippen LogP contribution in [0.4, 0.5) is 0 Å². The molecule has 2 aliphatic carbocycles. The van der Waals surface area contributed by atoms with Gasteiger partial charge < -0.3 is 16.4 Å². The van der Waals surface area contributed by atoms with E-state index in [1.165, 1.54) is 32.2 Å². The van der Waals surface area contributed by atoms with E-state index in [-0.39, 0.29) is 5.91 Å². The van der Waals surface area contributed by atoms with Crippen LogP contribution in [-0.4, -0.2) is 36.0 Å². The van der Waals surface area contributed by atoms with Gasteiger partial charge in [-0.25, -0.2) is 0 Å². The molecule has 2 fully saturated rings. The second-order valence-electron chi connectivity index (χ2n) is 4.97. The Hall–Kier alpha value is -0.610. The molecule has 15 heavy (non-hydrogen) atoms. The summed E-state index contributed by atoms with van der Waals surface area (Å²) in [6.45, 7) is 2.14. The Morgan fingerprint density at radius 2 is 2.00 bits per heavy atom. The second kappa shape index (κ2) is 4.49. The van der Waals surface area contributed by atoms with Crippen molar-refractivity contribution < 1.29 is 4.79 Å². The number of nitrogens with two attached hydrogens (primary N) is 2. The zero-order valence-corrected chi connectivity index (χ0v) is 9.19. The molecule has 0 heterocycles. The summed E-state index contributed by atoms with van der Waals surface area (Å²) in [6.07, 6.45) is 6.10. The van der Waals surface area contributed by atoms with Gasteiger partial charge in [0.25, 0.3) is 0 Å². The Balaban J connectivity index is 1.70. The summed E-state index contributed by atoms with van der Waals surface area (Å²) >= 11 is 0. The molecule has 4 nitrogen and oxygen atoms in total. The first-order valence-corrected chi connectivity index (χ1v) is 5.95. The third-order valence-electron chi connectivity index (χ3n) is 3.35. The Morgan fingerprint density at radius 1 is 1.33 bits per heavy atom. The van der Waals surface area contributed by atoms with Gasteiger partial charge in [0.05, 0.1) is 6.04 Å². The van der Waals surface area contributed by atoms with Gasteiger partial charge in [-0.15, -0.1) is 0 Å². The fourth-order valence-corrected chi connectivity index (χ4v) is 1.94. The largest absolute Gasteiger partial charge is 0.368 e. The summed E-state index contributed by atoms with van der Waals surface area (Å²) in [5.74, 6) is 0.535. The molecule has 2 rings (SSSR count). The highest BCUT2D eigenvalue weighted by atomic mass is 16.1. The maximum atomic E-state index is 10.8. The lowest BCUT2D eigenvalue weighted by molar-refractivity contribution is -0.119. The fourth-order valence-electron chi connectivity index (χ4n) is 1.94. The SMILES string of the molecule is NC(=O)C(N)CCN(CC1CC1)C1CC1. The zero-order chi connectivity index (χ0) is 10.8. The number of carbonyl (C=O) groups excluding carboxylic acids is 1. The van der Waals surface area contributed by atoms with Crippen LogP contribution >= 0.6 is 0 Å². The van der Waals surface area contributed by atoms with Crippen LogP contribution in [-0.2, 0) is 4.79 Å². The molecule has 1 unspecified atom stereocenters. The van der Waals surface area contributed by atoms with Gasteiger partial charge in [-0.3, -0.25) is 4.79 Å². The molecule has 2 saturated carbocycles. The number of primary amides is 1. The molecule has 0 radical (unpaired) electrons. The van der Waals surface area contributed by atoms with Crippen molar-refractivity contribution in [2.45, 2.75) is 44.2 Å². The first-order chi connectivity index (χ1) is 7.16. The summed E-state index contributed by atoms with van der Waals surface area (Å²) in [4.78, 5) is 13.3. The monoisotopic (exact) mass is 211 g/mol. The van der Waals surface area contributed by atoms with Crippen molar-refractivity contribution in [1.82, 2.24) is 4.90 Å². The van der Waals surface area contributed by atoms with Gasteiger partial charge in [0.2, 0.25) is 5.91 Å². The van der Waals surface area contributed by atoms with Gasteiger partial charge in [-0.05, 0) is 38.0 Å². The molecular formula is C11H21N3O. The van der Waals surface area contributed by atoms with Crippen molar-refractivity contribution in [2.24, 2.45) is 17.4 Å². The summed E-state index contributed by atoms with van der Waals surface area (Å²) in [5.41, 5.74) is 10.8. The molecule has 0 bridgehead atoms. The number of hydrogen-bond donors (Lipinski definition) is 2. The Kier molecular flexibility index (Phi) is 3.26. The van der Waals surface area contributed by atoms with Gasteiger partial charge in [0, 0.05) is 19.1 Å². The predicted molar refractivity (Wildman–Crippen MR) is 59.1 cm³/mol. The van der Waals surface area contributed by atoms with E-state index in [4.69, 9.17) is 11.5 Å². The van der Waals surface area contributed by atoms with Crippen LogP contribution < -0.4 is 11.5 Å². The summed E-state index contributed by atoms with van der Waals surface area (Å²) in [5, 5.41) is 0. The number of hydrogen-bond acceptors (Lipinski definition) is 3. The van der Waals surface area contributed by atoms with E-state index in [2.05, 4.69) is 4.90 Å². The minimum Gasteiger partial charge on any atom is -0.368 e. The number of nitrogens with zero attached hydrogens (tertiary/aromatic N) is 1. The van der Waals surface area contributed by atoms with Crippen molar-refractivity contribution in [3.05, 3.63) is 0 Å². The molecule has 4 N–H and O–H groups in total. The molecule has 0 spiro atoms. The quantitative estimate of drug-likeness (QED) is 0.625. The molecule has 0 saturated heterocycles. The lowest BCUT2D eigenvalue weighted by atomic mass is 10.2. The van der Waals surface area contributed by atoms with Crippen molar-refractivity contribution in [2.75, 3.05) is 13.1 Å². The topological polar surface area (TPSA) is 72.3 Å². The van der Waals surface area contributed by atoms with Crippen LogP contribution in [0.15, 0.2) is 0 Å². The summed E-state index contributed by atoms with van der Waals surface area (Å²) in [6, 6.07) is 0.302. The Bertz CT molecular complexity index is 236. The van der Waals surface area contributed by atoms with Crippen molar-refractivity contribution in [3.63, 3.8) is 0 Å². The molecule has 4 heteroatoms. The van der Waals surface area contributed by atoms with Crippen LogP contribution in [0.3, 0.4) is 0 Å². The third-order valence-corrected chi connectivity index (χ3v) is 3.35. The van der Waals surface area contributed by atoms with E-state index in [0.717, 1.165) is 18.5 Å². The van der Waals surface area contributed by atoms with E-state index in [9.17, 15) is 4.79 Å². The van der Waals surface area contributed by atoms with Crippen LogP contribution in [0.2, 0.25) is 0 Å². The molecule has 2 aliphatic rings. The average molecular weight is 211 g/mol. The third kappa shape index (κ3) is 3.47. The normalized spacial score (nSPS) is 23.1. The Morgan fingerprint density at radius 3 is 2.47 bits per heavy atom. The van der Waals surface area contributed by atoms with E-state index >= 15 is 0 Å². The molecule has 0 aliphatic heterocycles. The molecular weight excluding hydrogens is 190 g/mol. The maximum Gasteiger partial charge on any atom is 0.234 e. The predicted octanol–water partition coefficient (Wildman–Crippen LogP) is 0.0635. The van der Waals surface area contributed by atoms with Crippen molar-refractivity contribution in [3.8, 4) is 0 Å². The van der Waals surface area contributed by atoms with Crippen molar-refractivity contribution in [1.29, 1.82) is 0 Å². The van der Waals surface area contributed by atoms with Crippen LogP contribution in [0, 0.1) is 5.92 Å². The molecule has 86 valence electrons. The summed E-state index contributed by atoms with van der Waals surface area (Å²) < 4.78 is 0. The molecule has 0 aromatic rings. The first-order valence-electron chi connectivity index (χ1n) is 5.95. The van der Waals surface area contributed by atoms with E-state index in [1.807, 2.05) is 0 Å². The highest BCUT2D eigenvalue weighted by molar-refractivity contribution is 5.79. The molecule has 0 aromatic carbocycles. The number of rotatable bonds is 7. The van der Waals surface area contributed by atoms with Gasteiger partial charge >= 0.3 is 0 Å². The number of amides is 1. The van der Waals surface area contributed by atoms with Crippen molar-refractivity contribution >= 4 is 5.91 Å². The zero-order valence-electron chi connectivity index (χ0n) is 9.19. The van der Waals surface area contributed by atoms with Gasteiger partial charge in [-0.1, -0.05) is 0 Å². The van der Waals surface area contributed by atoms with Gasteiger partial charge in [-0.2, -0.15) is 0 Å². The first kappa shape index (κ1) is 10.9. The standard InChI is InChI=1S/C11H21N3O/c12-10(11(13)15)5-6-14(9-3-4-9)7-8-1-2-8/h8-10H,1-7,12H2,(H2,13,15). The van der Waals surface area contributed by atoms with E-state index < -0.39 is 6.04 Å². The lowest BCUT2D eigenvalue weighted by Gasteiger charge is -2.22. The van der Waals surface area contributed by atoms with E-state index in [1.54, 1.807) is 0 Å². The highest BCUT2D eigenvalue weighted by Crippen LogP contribution is 2.34. The van der Waals surface area contributed by atoms with Crippen LogP contribution in [0.5, 0.6) is 0 Å². The number of carbonyl (C=O) groups is 1. The van der Waals surface area contributed by atoms with E-state index in [0.29, 0.717) is 6.42 Å². The minimum atomic E-state index is -0.467. The smallest absolute Gasteiger partial charge is 0.234 e. The molecule has 1 atom stereocenters. The highest BCUT2D eigenvalue weighted by Gasteiger charge is 2.33. The molecule has 0 aromatic heterocycles. The lowest BCUT2D eigenvalue weighted by Crippen LogP contribution is -2.40. The minimum absolute atomic E-state index is 0.378. The fraction of sp³-hybridized carbons (Fsp3) is 0.909. The summed E-state index contributed by atoms with van der Waals surface area (Å²) in [7, 11) is 0. The van der Waals surface area contributed by atoms with Crippen LogP contribution in [0.1, 0.15) is 32.1 Å². The Labute approximate surface area is 91.0 Å². The average Bonchev–Trinajstić information content (AvgIpc) is 3.00.